The lowest BCUT2D eigenvalue weighted by molar-refractivity contribution is -0.120. The van der Waals surface area contributed by atoms with E-state index >= 15 is 0 Å². The third kappa shape index (κ3) is 4.07. The van der Waals surface area contributed by atoms with E-state index in [1.807, 2.05) is 30.1 Å². The van der Waals surface area contributed by atoms with Crippen LogP contribution in [0.1, 0.15) is 5.69 Å². The molecule has 4 rings (SSSR count). The second kappa shape index (κ2) is 7.58. The molecule has 6 heteroatoms. The number of hydrogen-bond acceptors (Lipinski definition) is 5. The van der Waals surface area contributed by atoms with Crippen molar-refractivity contribution < 1.29 is 4.79 Å². The van der Waals surface area contributed by atoms with Crippen molar-refractivity contribution in [1.29, 1.82) is 0 Å². The van der Waals surface area contributed by atoms with Gasteiger partial charge in [-0.25, -0.2) is 4.98 Å². The van der Waals surface area contributed by atoms with E-state index in [-0.39, 0.29) is 5.78 Å². The molecule has 1 saturated heterocycles. The highest BCUT2D eigenvalue weighted by molar-refractivity contribution is 5.88. The molecule has 0 unspecified atom stereocenters. The first-order chi connectivity index (χ1) is 13.1. The van der Waals surface area contributed by atoms with E-state index in [1.165, 1.54) is 0 Å². The van der Waals surface area contributed by atoms with Crippen LogP contribution in [0.3, 0.4) is 0 Å². The fraction of sp³-hybridized carbons (Fsp3) is 0.381. The van der Waals surface area contributed by atoms with Crippen molar-refractivity contribution in [2.75, 3.05) is 39.8 Å². The average Bonchev–Trinajstić information content (AvgIpc) is 3.09. The lowest BCUT2D eigenvalue weighted by Crippen LogP contribution is -2.46. The van der Waals surface area contributed by atoms with E-state index in [2.05, 4.69) is 45.0 Å². The van der Waals surface area contributed by atoms with E-state index < -0.39 is 0 Å². The monoisotopic (exact) mass is 363 g/mol. The minimum atomic E-state index is 0.231. The minimum absolute atomic E-state index is 0.231. The van der Waals surface area contributed by atoms with E-state index in [0.717, 1.165) is 53.9 Å². The number of aromatic nitrogens is 3. The molecule has 1 fully saturated rings. The zero-order valence-electron chi connectivity index (χ0n) is 15.9. The zero-order chi connectivity index (χ0) is 18.8. The molecule has 140 valence electrons. The van der Waals surface area contributed by atoms with Crippen LogP contribution in [0.15, 0.2) is 43.0 Å². The summed E-state index contributed by atoms with van der Waals surface area (Å²) >= 11 is 0. The Labute approximate surface area is 159 Å². The van der Waals surface area contributed by atoms with E-state index in [9.17, 15) is 4.79 Å². The highest BCUT2D eigenvalue weighted by Crippen LogP contribution is 2.24. The summed E-state index contributed by atoms with van der Waals surface area (Å²) in [5.41, 5.74) is 3.02. The Kier molecular flexibility index (Phi) is 5.01. The SMILES string of the molecule is CN1CCN(CC(=O)Cc2cc3cc(-c4cncn4C)ccc3cn2)CC1. The van der Waals surface area contributed by atoms with Crippen LogP contribution < -0.4 is 0 Å². The third-order valence-electron chi connectivity index (χ3n) is 5.26. The van der Waals surface area contributed by atoms with Gasteiger partial charge in [-0.05, 0) is 24.6 Å². The predicted octanol–water partition coefficient (Wildman–Crippen LogP) is 1.99. The molecule has 0 N–H and O–H groups in total. The zero-order valence-corrected chi connectivity index (χ0v) is 15.9. The molecular weight excluding hydrogens is 338 g/mol. The quantitative estimate of drug-likeness (QED) is 0.694. The summed E-state index contributed by atoms with van der Waals surface area (Å²) in [5.74, 6) is 0.231. The number of benzene rings is 1. The summed E-state index contributed by atoms with van der Waals surface area (Å²) in [6.45, 7) is 4.49. The van der Waals surface area contributed by atoms with Gasteiger partial charge in [0.05, 0.1) is 31.2 Å². The predicted molar refractivity (Wildman–Crippen MR) is 107 cm³/mol. The fourth-order valence-corrected chi connectivity index (χ4v) is 3.59. The Hall–Kier alpha value is -2.57. The number of nitrogens with zero attached hydrogens (tertiary/aromatic N) is 5. The number of Topliss-reactive ketones (excluding diaryl/α,β-unsaturated/α-hetero) is 1. The van der Waals surface area contributed by atoms with Gasteiger partial charge in [0.25, 0.3) is 0 Å². The molecule has 6 nitrogen and oxygen atoms in total. The Morgan fingerprint density at radius 1 is 1.04 bits per heavy atom. The van der Waals surface area contributed by atoms with Crippen molar-refractivity contribution in [3.05, 3.63) is 48.7 Å². The van der Waals surface area contributed by atoms with Crippen LogP contribution in [0.25, 0.3) is 22.0 Å². The molecule has 27 heavy (non-hydrogen) atoms. The first-order valence-corrected chi connectivity index (χ1v) is 9.36. The molecule has 0 amide bonds. The summed E-state index contributed by atoms with van der Waals surface area (Å²) < 4.78 is 2.00. The fourth-order valence-electron chi connectivity index (χ4n) is 3.59. The Bertz CT molecular complexity index is 956. The van der Waals surface area contributed by atoms with Gasteiger partial charge in [-0.3, -0.25) is 14.7 Å². The molecule has 3 aromatic rings. The number of fused-ring (bicyclic) bond motifs is 1. The first-order valence-electron chi connectivity index (χ1n) is 9.36. The summed E-state index contributed by atoms with van der Waals surface area (Å²) in [4.78, 5) is 25.7. The number of piperazine rings is 1. The summed E-state index contributed by atoms with van der Waals surface area (Å²) in [7, 11) is 4.11. The number of rotatable bonds is 5. The van der Waals surface area contributed by atoms with Gasteiger partial charge < -0.3 is 9.47 Å². The van der Waals surface area contributed by atoms with Gasteiger partial charge in [-0.15, -0.1) is 0 Å². The van der Waals surface area contributed by atoms with Gasteiger partial charge in [-0.1, -0.05) is 12.1 Å². The first kappa shape index (κ1) is 17.8. The van der Waals surface area contributed by atoms with Crippen molar-refractivity contribution in [1.82, 2.24) is 24.3 Å². The van der Waals surface area contributed by atoms with Gasteiger partial charge in [0.15, 0.2) is 5.78 Å². The average molecular weight is 363 g/mol. The van der Waals surface area contributed by atoms with E-state index in [0.29, 0.717) is 13.0 Å². The van der Waals surface area contributed by atoms with Crippen LogP contribution >= 0.6 is 0 Å². The molecule has 0 aliphatic carbocycles. The molecule has 1 aromatic carbocycles. The molecule has 0 bridgehead atoms. The molecule has 1 aliphatic rings. The summed E-state index contributed by atoms with van der Waals surface area (Å²) in [5, 5.41) is 2.18. The van der Waals surface area contributed by atoms with Crippen molar-refractivity contribution in [3.8, 4) is 11.3 Å². The summed E-state index contributed by atoms with van der Waals surface area (Å²) in [6.07, 6.45) is 5.91. The van der Waals surface area contributed by atoms with Crippen LogP contribution in [0.4, 0.5) is 0 Å². The Morgan fingerprint density at radius 3 is 2.59 bits per heavy atom. The molecule has 1 aliphatic heterocycles. The molecule has 0 radical (unpaired) electrons. The number of carbonyl (C=O) groups is 1. The lowest BCUT2D eigenvalue weighted by Gasteiger charge is -2.31. The maximum atomic E-state index is 12.5. The van der Waals surface area contributed by atoms with Crippen molar-refractivity contribution in [2.45, 2.75) is 6.42 Å². The van der Waals surface area contributed by atoms with E-state index in [1.54, 1.807) is 6.33 Å². The maximum absolute atomic E-state index is 12.5. The number of imidazole rings is 1. The molecular formula is C21H25N5O. The number of hydrogen-bond donors (Lipinski definition) is 0. The summed E-state index contributed by atoms with van der Waals surface area (Å²) in [6, 6.07) is 8.33. The van der Waals surface area contributed by atoms with Crippen molar-refractivity contribution in [3.63, 3.8) is 0 Å². The van der Waals surface area contributed by atoms with Crippen LogP contribution in [-0.2, 0) is 18.3 Å². The lowest BCUT2D eigenvalue weighted by atomic mass is 10.0. The van der Waals surface area contributed by atoms with Gasteiger partial charge in [0.2, 0.25) is 0 Å². The van der Waals surface area contributed by atoms with Gasteiger partial charge in [-0.2, -0.15) is 0 Å². The number of ketones is 1. The standard InChI is InChI=1S/C21H25N5O/c1-24-5-7-26(8-6-24)14-20(27)11-19-10-18-9-16(3-4-17(18)12-23-19)21-13-22-15-25(21)2/h3-4,9-10,12-13,15H,5-8,11,14H2,1-2H3. The largest absolute Gasteiger partial charge is 0.334 e. The topological polar surface area (TPSA) is 54.3 Å². The second-order valence-corrected chi connectivity index (χ2v) is 7.42. The van der Waals surface area contributed by atoms with Crippen molar-refractivity contribution >= 4 is 16.6 Å². The van der Waals surface area contributed by atoms with Crippen LogP contribution in [0.5, 0.6) is 0 Å². The molecule has 3 heterocycles. The van der Waals surface area contributed by atoms with Crippen LogP contribution in [0, 0.1) is 0 Å². The van der Waals surface area contributed by atoms with Crippen LogP contribution in [0.2, 0.25) is 0 Å². The number of carbonyl (C=O) groups excluding carboxylic acids is 1. The third-order valence-corrected chi connectivity index (χ3v) is 5.26. The number of pyridine rings is 1. The maximum Gasteiger partial charge on any atom is 0.152 e. The highest BCUT2D eigenvalue weighted by Gasteiger charge is 2.17. The number of aryl methyl sites for hydroxylation is 1. The molecule has 0 atom stereocenters. The van der Waals surface area contributed by atoms with Crippen LogP contribution in [-0.4, -0.2) is 69.9 Å². The van der Waals surface area contributed by atoms with Crippen molar-refractivity contribution in [2.24, 2.45) is 7.05 Å². The molecule has 2 aromatic heterocycles. The second-order valence-electron chi connectivity index (χ2n) is 7.42. The highest BCUT2D eigenvalue weighted by atomic mass is 16.1. The Balaban J connectivity index is 1.49. The van der Waals surface area contributed by atoms with Gasteiger partial charge in [0.1, 0.15) is 0 Å². The Morgan fingerprint density at radius 2 is 1.85 bits per heavy atom. The van der Waals surface area contributed by atoms with Gasteiger partial charge in [0, 0.05) is 56.1 Å². The van der Waals surface area contributed by atoms with E-state index in [4.69, 9.17) is 0 Å². The number of likely N-dealkylation sites (N-methyl/N-ethyl adjacent to an activating group) is 1. The molecule has 0 spiro atoms. The smallest absolute Gasteiger partial charge is 0.152 e. The normalized spacial score (nSPS) is 16.1. The minimum Gasteiger partial charge on any atom is -0.334 e. The van der Waals surface area contributed by atoms with Gasteiger partial charge >= 0.3 is 0 Å². The molecule has 0 saturated carbocycles.